The van der Waals surface area contributed by atoms with Crippen LogP contribution < -0.4 is 5.32 Å². The van der Waals surface area contributed by atoms with Crippen LogP contribution in [0.2, 0.25) is 0 Å². The van der Waals surface area contributed by atoms with Crippen LogP contribution in [0, 0.1) is 5.92 Å². The lowest BCUT2D eigenvalue weighted by atomic mass is 10.0. The first kappa shape index (κ1) is 17.3. The van der Waals surface area contributed by atoms with Gasteiger partial charge in [-0.2, -0.15) is 0 Å². The van der Waals surface area contributed by atoms with Crippen LogP contribution in [0.3, 0.4) is 0 Å². The zero-order valence-electron chi connectivity index (χ0n) is 13.8. The number of rotatable bonds is 4. The molecule has 2 rings (SSSR count). The molecule has 0 radical (unpaired) electrons. The van der Waals surface area contributed by atoms with E-state index in [9.17, 15) is 9.59 Å². The quantitative estimate of drug-likeness (QED) is 0.861. The maximum Gasteiger partial charge on any atom is 0.328 e. The molecule has 2 atom stereocenters. The normalized spacial score (nSPS) is 19.3. The fourth-order valence-corrected chi connectivity index (χ4v) is 2.55. The fraction of sp³-hybridized carbons (Fsp3) is 0.529. The van der Waals surface area contributed by atoms with Crippen LogP contribution in [-0.4, -0.2) is 49.7 Å². The van der Waals surface area contributed by atoms with Crippen molar-refractivity contribution in [3.8, 4) is 0 Å². The van der Waals surface area contributed by atoms with Crippen LogP contribution in [0.15, 0.2) is 30.3 Å². The molecule has 1 heterocycles. The highest BCUT2D eigenvalue weighted by atomic mass is 16.5. The van der Waals surface area contributed by atoms with E-state index in [2.05, 4.69) is 5.32 Å². The van der Waals surface area contributed by atoms with E-state index >= 15 is 0 Å². The number of carbonyl (C=O) groups is 2. The van der Waals surface area contributed by atoms with Crippen molar-refractivity contribution in [2.45, 2.75) is 26.0 Å². The Labute approximate surface area is 136 Å². The van der Waals surface area contributed by atoms with E-state index in [4.69, 9.17) is 9.47 Å². The summed E-state index contributed by atoms with van der Waals surface area (Å²) in [4.78, 5) is 25.9. The third-order valence-corrected chi connectivity index (χ3v) is 3.93. The number of hydrogen-bond donors (Lipinski definition) is 1. The summed E-state index contributed by atoms with van der Waals surface area (Å²) in [6, 6.07) is 8.90. The van der Waals surface area contributed by atoms with Gasteiger partial charge in [0.25, 0.3) is 0 Å². The Hall–Kier alpha value is -2.08. The third-order valence-electron chi connectivity index (χ3n) is 3.93. The molecule has 0 aromatic heterocycles. The highest BCUT2D eigenvalue weighted by Gasteiger charge is 2.30. The highest BCUT2D eigenvalue weighted by molar-refractivity contribution is 5.83. The van der Waals surface area contributed by atoms with Crippen LogP contribution in [0.4, 0.5) is 4.79 Å². The lowest BCUT2D eigenvalue weighted by Crippen LogP contribution is -2.53. The lowest BCUT2D eigenvalue weighted by molar-refractivity contribution is -0.144. The molecule has 2 amide bonds. The molecule has 1 aliphatic rings. The highest BCUT2D eigenvalue weighted by Crippen LogP contribution is 2.22. The van der Waals surface area contributed by atoms with E-state index in [-0.39, 0.29) is 18.1 Å². The molecule has 23 heavy (non-hydrogen) atoms. The third kappa shape index (κ3) is 4.45. The maximum atomic E-state index is 12.5. The zero-order chi connectivity index (χ0) is 16.8. The van der Waals surface area contributed by atoms with Gasteiger partial charge in [0.15, 0.2) is 0 Å². The van der Waals surface area contributed by atoms with Crippen LogP contribution in [-0.2, 0) is 14.3 Å². The molecule has 1 N–H and O–H groups in total. The SMILES string of the molecule is COC(=O)[C@@H](NC(=O)N1CCO[C@@H](c2ccccc2)C1)C(C)C. The minimum absolute atomic E-state index is 0.0441. The summed E-state index contributed by atoms with van der Waals surface area (Å²) in [5.41, 5.74) is 1.04. The number of nitrogens with zero attached hydrogens (tertiary/aromatic N) is 1. The number of nitrogens with one attached hydrogen (secondary N) is 1. The van der Waals surface area contributed by atoms with Crippen molar-refractivity contribution in [3.05, 3.63) is 35.9 Å². The number of carbonyl (C=O) groups excluding carboxylic acids is 2. The van der Waals surface area contributed by atoms with E-state index in [0.717, 1.165) is 5.56 Å². The first-order chi connectivity index (χ1) is 11.0. The van der Waals surface area contributed by atoms with Gasteiger partial charge in [-0.05, 0) is 11.5 Å². The molecule has 0 saturated carbocycles. The fourth-order valence-electron chi connectivity index (χ4n) is 2.55. The van der Waals surface area contributed by atoms with Gasteiger partial charge < -0.3 is 19.7 Å². The van der Waals surface area contributed by atoms with Crippen LogP contribution >= 0.6 is 0 Å². The Balaban J connectivity index is 2.00. The predicted molar refractivity (Wildman–Crippen MR) is 85.9 cm³/mol. The number of morpholine rings is 1. The van der Waals surface area contributed by atoms with Crippen molar-refractivity contribution in [1.29, 1.82) is 0 Å². The van der Waals surface area contributed by atoms with Gasteiger partial charge >= 0.3 is 12.0 Å². The van der Waals surface area contributed by atoms with Gasteiger partial charge in [0.1, 0.15) is 12.1 Å². The standard InChI is InChI=1S/C17H24N2O4/c1-12(2)15(16(20)22-3)18-17(21)19-9-10-23-14(11-19)13-7-5-4-6-8-13/h4-8,12,14-15H,9-11H2,1-3H3,(H,18,21)/t14-,15+/m1/s1. The van der Waals surface area contributed by atoms with Crippen molar-refractivity contribution < 1.29 is 19.1 Å². The molecule has 0 aliphatic carbocycles. The molecule has 1 saturated heterocycles. The van der Waals surface area contributed by atoms with Crippen LogP contribution in [0.5, 0.6) is 0 Å². The molecule has 1 aromatic carbocycles. The molecular weight excluding hydrogens is 296 g/mol. The van der Waals surface area contributed by atoms with Gasteiger partial charge in [-0.25, -0.2) is 9.59 Å². The number of benzene rings is 1. The molecule has 0 unspecified atom stereocenters. The molecule has 0 spiro atoms. The number of esters is 1. The van der Waals surface area contributed by atoms with Crippen LogP contribution in [0.1, 0.15) is 25.5 Å². The van der Waals surface area contributed by atoms with Crippen molar-refractivity contribution in [2.24, 2.45) is 5.92 Å². The molecule has 0 bridgehead atoms. The van der Waals surface area contributed by atoms with Gasteiger partial charge in [0.2, 0.25) is 0 Å². The lowest BCUT2D eigenvalue weighted by Gasteiger charge is -2.34. The van der Waals surface area contributed by atoms with E-state index in [1.807, 2.05) is 44.2 Å². The molecule has 1 aliphatic heterocycles. The topological polar surface area (TPSA) is 67.9 Å². The average molecular weight is 320 g/mol. The van der Waals surface area contributed by atoms with E-state index < -0.39 is 12.0 Å². The Bertz CT molecular complexity index is 533. The Kier molecular flexibility index (Phi) is 5.98. The zero-order valence-corrected chi connectivity index (χ0v) is 13.8. The summed E-state index contributed by atoms with van der Waals surface area (Å²) in [6.45, 7) is 5.17. The summed E-state index contributed by atoms with van der Waals surface area (Å²) >= 11 is 0. The Morgan fingerprint density at radius 2 is 2.00 bits per heavy atom. The minimum atomic E-state index is -0.648. The van der Waals surface area contributed by atoms with Gasteiger partial charge in [0.05, 0.1) is 20.3 Å². The second-order valence-corrected chi connectivity index (χ2v) is 5.91. The van der Waals surface area contributed by atoms with E-state index in [1.165, 1.54) is 7.11 Å². The average Bonchev–Trinajstić information content (AvgIpc) is 2.59. The van der Waals surface area contributed by atoms with Gasteiger partial charge in [-0.15, -0.1) is 0 Å². The number of amides is 2. The first-order valence-corrected chi connectivity index (χ1v) is 7.82. The Morgan fingerprint density at radius 1 is 1.30 bits per heavy atom. The summed E-state index contributed by atoms with van der Waals surface area (Å²) in [6.07, 6.45) is -0.147. The molecular formula is C17H24N2O4. The predicted octanol–water partition coefficient (Wildman–Crippen LogP) is 1.97. The summed E-state index contributed by atoms with van der Waals surface area (Å²) in [5.74, 6) is -0.474. The largest absolute Gasteiger partial charge is 0.467 e. The van der Waals surface area contributed by atoms with Gasteiger partial charge in [0, 0.05) is 6.54 Å². The van der Waals surface area contributed by atoms with E-state index in [0.29, 0.717) is 19.7 Å². The molecule has 1 aromatic rings. The van der Waals surface area contributed by atoms with Crippen molar-refractivity contribution in [2.75, 3.05) is 26.8 Å². The number of urea groups is 1. The second-order valence-electron chi connectivity index (χ2n) is 5.91. The number of hydrogen-bond acceptors (Lipinski definition) is 4. The maximum absolute atomic E-state index is 12.5. The summed E-state index contributed by atoms with van der Waals surface area (Å²) in [5, 5.41) is 2.77. The van der Waals surface area contributed by atoms with Gasteiger partial charge in [-0.1, -0.05) is 44.2 Å². The molecule has 6 nitrogen and oxygen atoms in total. The molecule has 1 fully saturated rings. The molecule has 6 heteroatoms. The molecule has 126 valence electrons. The first-order valence-electron chi connectivity index (χ1n) is 7.82. The Morgan fingerprint density at radius 3 is 2.61 bits per heavy atom. The van der Waals surface area contributed by atoms with Crippen LogP contribution in [0.25, 0.3) is 0 Å². The minimum Gasteiger partial charge on any atom is -0.467 e. The van der Waals surface area contributed by atoms with Crippen molar-refractivity contribution in [3.63, 3.8) is 0 Å². The second kappa shape index (κ2) is 7.97. The number of ether oxygens (including phenoxy) is 2. The summed E-state index contributed by atoms with van der Waals surface area (Å²) in [7, 11) is 1.32. The van der Waals surface area contributed by atoms with E-state index in [1.54, 1.807) is 4.90 Å². The van der Waals surface area contributed by atoms with Crippen molar-refractivity contribution >= 4 is 12.0 Å². The number of methoxy groups -OCH3 is 1. The summed E-state index contributed by atoms with van der Waals surface area (Å²) < 4.78 is 10.5. The van der Waals surface area contributed by atoms with Crippen molar-refractivity contribution in [1.82, 2.24) is 10.2 Å². The smallest absolute Gasteiger partial charge is 0.328 e. The van der Waals surface area contributed by atoms with Gasteiger partial charge in [-0.3, -0.25) is 0 Å². The monoisotopic (exact) mass is 320 g/mol.